The highest BCUT2D eigenvalue weighted by Gasteiger charge is 2.27. The maximum absolute atomic E-state index is 6.07. The summed E-state index contributed by atoms with van der Waals surface area (Å²) in [6.07, 6.45) is 3.30. The smallest absolute Gasteiger partial charge is 0.125 e. The molecule has 0 spiro atoms. The molecule has 20 heavy (non-hydrogen) atoms. The van der Waals surface area contributed by atoms with Crippen molar-refractivity contribution in [1.82, 2.24) is 5.32 Å². The highest BCUT2D eigenvalue weighted by molar-refractivity contribution is 6.30. The van der Waals surface area contributed by atoms with Crippen molar-refractivity contribution >= 4 is 11.6 Å². The van der Waals surface area contributed by atoms with Crippen molar-refractivity contribution in [2.75, 3.05) is 26.9 Å². The number of hydrogen-bond donors (Lipinski definition) is 1. The molecule has 1 aromatic rings. The van der Waals surface area contributed by atoms with E-state index >= 15 is 0 Å². The lowest BCUT2D eigenvalue weighted by atomic mass is 9.86. The highest BCUT2D eigenvalue weighted by Crippen LogP contribution is 2.36. The van der Waals surface area contributed by atoms with E-state index < -0.39 is 0 Å². The van der Waals surface area contributed by atoms with Crippen LogP contribution in [-0.4, -0.2) is 26.9 Å². The fourth-order valence-electron chi connectivity index (χ4n) is 2.82. The van der Waals surface area contributed by atoms with Gasteiger partial charge in [-0.1, -0.05) is 24.6 Å². The highest BCUT2D eigenvalue weighted by atomic mass is 35.5. The second kappa shape index (κ2) is 7.87. The molecule has 1 N–H and O–H groups in total. The van der Waals surface area contributed by atoms with Gasteiger partial charge in [0.25, 0.3) is 0 Å². The molecule has 0 amide bonds. The van der Waals surface area contributed by atoms with Crippen molar-refractivity contribution in [2.45, 2.75) is 32.2 Å². The SMILES string of the molecule is CCCNC(c1ccc(Cl)cc1OC)C1CCOCC1. The third-order valence-corrected chi connectivity index (χ3v) is 4.12. The number of methoxy groups -OCH3 is 1. The molecule has 4 heteroatoms. The molecule has 0 saturated carbocycles. The molecule has 3 nitrogen and oxygen atoms in total. The third kappa shape index (κ3) is 3.87. The molecule has 1 aliphatic heterocycles. The van der Waals surface area contributed by atoms with E-state index in [4.69, 9.17) is 21.1 Å². The molecule has 2 rings (SSSR count). The molecule has 1 saturated heterocycles. The minimum atomic E-state index is 0.311. The van der Waals surface area contributed by atoms with E-state index in [1.54, 1.807) is 7.11 Å². The van der Waals surface area contributed by atoms with Crippen LogP contribution >= 0.6 is 11.6 Å². The van der Waals surface area contributed by atoms with Crippen LogP contribution in [0.4, 0.5) is 0 Å². The Morgan fingerprint density at radius 3 is 2.80 bits per heavy atom. The van der Waals surface area contributed by atoms with E-state index in [1.807, 2.05) is 12.1 Å². The van der Waals surface area contributed by atoms with Gasteiger partial charge in [-0.15, -0.1) is 0 Å². The van der Waals surface area contributed by atoms with E-state index in [0.29, 0.717) is 17.0 Å². The van der Waals surface area contributed by atoms with E-state index in [-0.39, 0.29) is 0 Å². The van der Waals surface area contributed by atoms with Crippen LogP contribution in [0.25, 0.3) is 0 Å². The van der Waals surface area contributed by atoms with Crippen LogP contribution in [0, 0.1) is 5.92 Å². The third-order valence-electron chi connectivity index (χ3n) is 3.88. The Hall–Kier alpha value is -0.770. The predicted molar refractivity (Wildman–Crippen MR) is 82.6 cm³/mol. The van der Waals surface area contributed by atoms with Crippen LogP contribution in [0.1, 0.15) is 37.8 Å². The number of nitrogens with one attached hydrogen (secondary N) is 1. The van der Waals surface area contributed by atoms with Gasteiger partial charge in [-0.3, -0.25) is 0 Å². The summed E-state index contributed by atoms with van der Waals surface area (Å²) in [7, 11) is 1.70. The van der Waals surface area contributed by atoms with Crippen LogP contribution in [0.3, 0.4) is 0 Å². The summed E-state index contributed by atoms with van der Waals surface area (Å²) in [6.45, 7) is 4.90. The molecular weight excluding hydrogens is 274 g/mol. The molecule has 1 heterocycles. The summed E-state index contributed by atoms with van der Waals surface area (Å²) in [6, 6.07) is 6.24. The first-order valence-electron chi connectivity index (χ1n) is 7.40. The van der Waals surface area contributed by atoms with Crippen LogP contribution < -0.4 is 10.1 Å². The molecule has 1 aromatic carbocycles. The summed E-state index contributed by atoms with van der Waals surface area (Å²) in [5.41, 5.74) is 1.21. The van der Waals surface area contributed by atoms with Gasteiger partial charge >= 0.3 is 0 Å². The van der Waals surface area contributed by atoms with E-state index in [2.05, 4.69) is 18.3 Å². The predicted octanol–water partition coefficient (Wildman–Crippen LogP) is 3.82. The Morgan fingerprint density at radius 2 is 2.15 bits per heavy atom. The minimum absolute atomic E-state index is 0.311. The van der Waals surface area contributed by atoms with Crippen LogP contribution in [0.5, 0.6) is 5.75 Å². The molecule has 0 aliphatic carbocycles. The quantitative estimate of drug-likeness (QED) is 0.866. The fourth-order valence-corrected chi connectivity index (χ4v) is 2.98. The second-order valence-electron chi connectivity index (χ2n) is 5.27. The Bertz CT molecular complexity index is 419. The molecule has 1 fully saturated rings. The number of ether oxygens (including phenoxy) is 2. The lowest BCUT2D eigenvalue weighted by molar-refractivity contribution is 0.0533. The van der Waals surface area contributed by atoms with Crippen molar-refractivity contribution in [2.24, 2.45) is 5.92 Å². The van der Waals surface area contributed by atoms with Crippen molar-refractivity contribution in [3.05, 3.63) is 28.8 Å². The monoisotopic (exact) mass is 297 g/mol. The number of hydrogen-bond acceptors (Lipinski definition) is 3. The van der Waals surface area contributed by atoms with E-state index in [0.717, 1.165) is 44.8 Å². The zero-order valence-electron chi connectivity index (χ0n) is 12.3. The first-order valence-corrected chi connectivity index (χ1v) is 7.78. The van der Waals surface area contributed by atoms with E-state index in [9.17, 15) is 0 Å². The average molecular weight is 298 g/mol. The van der Waals surface area contributed by atoms with Crippen molar-refractivity contribution in [1.29, 1.82) is 0 Å². The van der Waals surface area contributed by atoms with E-state index in [1.165, 1.54) is 5.56 Å². The van der Waals surface area contributed by atoms with Gasteiger partial charge in [-0.05, 0) is 43.9 Å². The number of benzene rings is 1. The lowest BCUT2D eigenvalue weighted by Gasteiger charge is -2.32. The first-order chi connectivity index (χ1) is 9.76. The summed E-state index contributed by atoms with van der Waals surface area (Å²) >= 11 is 6.07. The van der Waals surface area contributed by atoms with Gasteiger partial charge in [0.1, 0.15) is 5.75 Å². The molecular formula is C16H24ClNO2. The average Bonchev–Trinajstić information content (AvgIpc) is 2.49. The molecule has 112 valence electrons. The van der Waals surface area contributed by atoms with Gasteiger partial charge in [0.15, 0.2) is 0 Å². The van der Waals surface area contributed by atoms with Gasteiger partial charge < -0.3 is 14.8 Å². The van der Waals surface area contributed by atoms with Crippen LogP contribution in [-0.2, 0) is 4.74 Å². The van der Waals surface area contributed by atoms with Gasteiger partial charge in [-0.2, -0.15) is 0 Å². The zero-order chi connectivity index (χ0) is 14.4. The number of rotatable bonds is 6. The Labute approximate surface area is 126 Å². The summed E-state index contributed by atoms with van der Waals surface area (Å²) in [5.74, 6) is 1.46. The Balaban J connectivity index is 2.24. The molecule has 0 radical (unpaired) electrons. The summed E-state index contributed by atoms with van der Waals surface area (Å²) in [4.78, 5) is 0. The van der Waals surface area contributed by atoms with Crippen molar-refractivity contribution in [3.8, 4) is 5.75 Å². The molecule has 0 bridgehead atoms. The largest absolute Gasteiger partial charge is 0.496 e. The van der Waals surface area contributed by atoms with Gasteiger partial charge in [0.2, 0.25) is 0 Å². The molecule has 1 aliphatic rings. The van der Waals surface area contributed by atoms with Crippen molar-refractivity contribution in [3.63, 3.8) is 0 Å². The second-order valence-corrected chi connectivity index (χ2v) is 5.70. The molecule has 1 atom stereocenters. The maximum atomic E-state index is 6.07. The molecule has 1 unspecified atom stereocenters. The van der Waals surface area contributed by atoms with Gasteiger partial charge in [0, 0.05) is 29.8 Å². The summed E-state index contributed by atoms with van der Waals surface area (Å²) < 4.78 is 11.0. The van der Waals surface area contributed by atoms with Gasteiger partial charge in [-0.25, -0.2) is 0 Å². The lowest BCUT2D eigenvalue weighted by Crippen LogP contribution is -2.32. The molecule has 0 aromatic heterocycles. The van der Waals surface area contributed by atoms with Crippen LogP contribution in [0.2, 0.25) is 5.02 Å². The fraction of sp³-hybridized carbons (Fsp3) is 0.625. The van der Waals surface area contributed by atoms with Gasteiger partial charge in [0.05, 0.1) is 7.11 Å². The van der Waals surface area contributed by atoms with Crippen molar-refractivity contribution < 1.29 is 9.47 Å². The minimum Gasteiger partial charge on any atom is -0.496 e. The summed E-state index contributed by atoms with van der Waals surface area (Å²) in [5, 5.41) is 4.39. The Morgan fingerprint density at radius 1 is 1.40 bits per heavy atom. The topological polar surface area (TPSA) is 30.5 Å². The maximum Gasteiger partial charge on any atom is 0.125 e. The standard InChI is InChI=1S/C16H24ClNO2/c1-3-8-18-16(12-6-9-20-10-7-12)14-5-4-13(17)11-15(14)19-2/h4-5,11-12,16,18H,3,6-10H2,1-2H3. The normalized spacial score (nSPS) is 17.9. The first kappa shape index (κ1) is 15.6. The zero-order valence-corrected chi connectivity index (χ0v) is 13.1. The number of halogens is 1. The van der Waals surface area contributed by atoms with Crippen LogP contribution in [0.15, 0.2) is 18.2 Å². The Kier molecular flexibility index (Phi) is 6.14.